The standard InChI is InChI=1S/C11H15FN2O2/c1-11(2,3)10(15)16-14-9-6-7(12)4-5-8(9)13/h4-6,14H,13H2,1-3H3. The van der Waals surface area contributed by atoms with Crippen molar-refractivity contribution in [2.45, 2.75) is 20.8 Å². The van der Waals surface area contributed by atoms with Gasteiger partial charge in [0.1, 0.15) is 5.82 Å². The van der Waals surface area contributed by atoms with Crippen molar-refractivity contribution in [1.29, 1.82) is 0 Å². The second kappa shape index (κ2) is 4.38. The van der Waals surface area contributed by atoms with Gasteiger partial charge < -0.3 is 10.6 Å². The lowest BCUT2D eigenvalue weighted by Crippen LogP contribution is -2.25. The second-order valence-corrected chi connectivity index (χ2v) is 4.47. The van der Waals surface area contributed by atoms with E-state index in [9.17, 15) is 9.18 Å². The molecule has 0 aliphatic rings. The summed E-state index contributed by atoms with van der Waals surface area (Å²) in [6.07, 6.45) is 0. The molecule has 0 heterocycles. The summed E-state index contributed by atoms with van der Waals surface area (Å²) in [5.74, 6) is -0.903. The molecule has 1 aromatic carbocycles. The SMILES string of the molecule is CC(C)(C)C(=O)ONc1cc(F)ccc1N. The summed E-state index contributed by atoms with van der Waals surface area (Å²) >= 11 is 0. The van der Waals surface area contributed by atoms with E-state index >= 15 is 0 Å². The van der Waals surface area contributed by atoms with Crippen molar-refractivity contribution in [1.82, 2.24) is 0 Å². The van der Waals surface area contributed by atoms with Gasteiger partial charge in [-0.2, -0.15) is 0 Å². The van der Waals surface area contributed by atoms with E-state index in [0.29, 0.717) is 5.69 Å². The Kier molecular flexibility index (Phi) is 3.37. The molecule has 1 aromatic rings. The predicted molar refractivity (Wildman–Crippen MR) is 60.0 cm³/mol. The zero-order chi connectivity index (χ0) is 12.3. The van der Waals surface area contributed by atoms with Gasteiger partial charge in [0.05, 0.1) is 16.8 Å². The van der Waals surface area contributed by atoms with Crippen LogP contribution in [-0.2, 0) is 9.63 Å². The van der Waals surface area contributed by atoms with Crippen LogP contribution in [0, 0.1) is 11.2 Å². The number of rotatable bonds is 2. The molecule has 0 saturated heterocycles. The molecule has 0 saturated carbocycles. The van der Waals surface area contributed by atoms with Gasteiger partial charge in [-0.3, -0.25) is 0 Å². The normalized spacial score (nSPS) is 11.0. The van der Waals surface area contributed by atoms with Gasteiger partial charge in [0.25, 0.3) is 0 Å². The van der Waals surface area contributed by atoms with Crippen molar-refractivity contribution in [2.24, 2.45) is 5.41 Å². The molecule has 0 bridgehead atoms. The number of hydrogen-bond donors (Lipinski definition) is 2. The van der Waals surface area contributed by atoms with Crippen LogP contribution in [0.3, 0.4) is 0 Å². The lowest BCUT2D eigenvalue weighted by atomic mass is 9.98. The zero-order valence-corrected chi connectivity index (χ0v) is 9.50. The van der Waals surface area contributed by atoms with E-state index in [1.54, 1.807) is 20.8 Å². The molecule has 0 radical (unpaired) electrons. The Morgan fingerprint density at radius 3 is 2.62 bits per heavy atom. The van der Waals surface area contributed by atoms with Crippen LogP contribution in [0.4, 0.5) is 15.8 Å². The minimum atomic E-state index is -0.630. The number of nitrogens with two attached hydrogens (primary N) is 1. The highest BCUT2D eigenvalue weighted by Crippen LogP contribution is 2.21. The first-order chi connectivity index (χ1) is 7.30. The Hall–Kier alpha value is -1.78. The highest BCUT2D eigenvalue weighted by Gasteiger charge is 2.23. The van der Waals surface area contributed by atoms with Crippen LogP contribution in [0.25, 0.3) is 0 Å². The maximum absolute atomic E-state index is 12.9. The molecular formula is C11H15FN2O2. The molecule has 16 heavy (non-hydrogen) atoms. The number of anilines is 2. The van der Waals surface area contributed by atoms with E-state index in [2.05, 4.69) is 5.48 Å². The van der Waals surface area contributed by atoms with Crippen molar-refractivity contribution >= 4 is 17.3 Å². The highest BCUT2D eigenvalue weighted by molar-refractivity contribution is 5.77. The Labute approximate surface area is 93.5 Å². The summed E-state index contributed by atoms with van der Waals surface area (Å²) in [6, 6.07) is 3.78. The van der Waals surface area contributed by atoms with E-state index < -0.39 is 17.2 Å². The third-order valence-electron chi connectivity index (χ3n) is 1.88. The molecule has 0 aliphatic heterocycles. The Balaban J connectivity index is 2.68. The largest absolute Gasteiger partial charge is 0.397 e. The van der Waals surface area contributed by atoms with Crippen molar-refractivity contribution in [3.63, 3.8) is 0 Å². The molecule has 0 aliphatic carbocycles. The van der Waals surface area contributed by atoms with E-state index in [1.165, 1.54) is 12.1 Å². The molecule has 0 spiro atoms. The van der Waals surface area contributed by atoms with Gasteiger partial charge in [-0.15, -0.1) is 0 Å². The molecule has 0 amide bonds. The zero-order valence-electron chi connectivity index (χ0n) is 9.50. The first-order valence-electron chi connectivity index (χ1n) is 4.83. The van der Waals surface area contributed by atoms with Crippen molar-refractivity contribution in [2.75, 3.05) is 11.2 Å². The van der Waals surface area contributed by atoms with Crippen molar-refractivity contribution < 1.29 is 14.0 Å². The number of benzene rings is 1. The van der Waals surface area contributed by atoms with Gasteiger partial charge in [0.2, 0.25) is 0 Å². The molecule has 0 aromatic heterocycles. The maximum atomic E-state index is 12.9. The summed E-state index contributed by atoms with van der Waals surface area (Å²) in [5.41, 5.74) is 7.82. The smallest absolute Gasteiger partial charge is 0.337 e. The fraction of sp³-hybridized carbons (Fsp3) is 0.364. The minimum Gasteiger partial charge on any atom is -0.397 e. The van der Waals surface area contributed by atoms with Gasteiger partial charge >= 0.3 is 5.97 Å². The fourth-order valence-corrected chi connectivity index (χ4v) is 0.871. The van der Waals surface area contributed by atoms with Gasteiger partial charge in [0, 0.05) is 6.07 Å². The minimum absolute atomic E-state index is 0.234. The monoisotopic (exact) mass is 226 g/mol. The number of nitrogens with one attached hydrogen (secondary N) is 1. The first-order valence-corrected chi connectivity index (χ1v) is 4.83. The summed E-state index contributed by atoms with van der Waals surface area (Å²) < 4.78 is 12.9. The quantitative estimate of drug-likeness (QED) is 0.600. The maximum Gasteiger partial charge on any atom is 0.337 e. The van der Waals surface area contributed by atoms with Crippen molar-refractivity contribution in [3.05, 3.63) is 24.0 Å². The summed E-state index contributed by atoms with van der Waals surface area (Å²) in [7, 11) is 0. The predicted octanol–water partition coefficient (Wildman–Crippen LogP) is 2.32. The number of hydrogen-bond acceptors (Lipinski definition) is 4. The molecule has 4 nitrogen and oxygen atoms in total. The third-order valence-corrected chi connectivity index (χ3v) is 1.88. The van der Waals surface area contributed by atoms with E-state index in [4.69, 9.17) is 10.6 Å². The van der Waals surface area contributed by atoms with Gasteiger partial charge in [-0.05, 0) is 32.9 Å². The fourth-order valence-electron chi connectivity index (χ4n) is 0.871. The van der Waals surface area contributed by atoms with E-state index in [0.717, 1.165) is 6.07 Å². The number of carbonyl (C=O) groups is 1. The summed E-state index contributed by atoms with van der Waals surface area (Å²) in [6.45, 7) is 5.14. The molecule has 0 atom stereocenters. The summed E-state index contributed by atoms with van der Waals surface area (Å²) in [5, 5.41) is 0. The van der Waals surface area contributed by atoms with Gasteiger partial charge in [-0.25, -0.2) is 14.7 Å². The average Bonchev–Trinajstić information content (AvgIpc) is 2.17. The highest BCUT2D eigenvalue weighted by atomic mass is 19.1. The molecule has 0 fully saturated rings. The van der Waals surface area contributed by atoms with Gasteiger partial charge in [0.15, 0.2) is 0 Å². The molecular weight excluding hydrogens is 211 g/mol. The van der Waals surface area contributed by atoms with E-state index in [1.807, 2.05) is 0 Å². The summed E-state index contributed by atoms with van der Waals surface area (Å²) in [4.78, 5) is 16.2. The lowest BCUT2D eigenvalue weighted by molar-refractivity contribution is -0.149. The van der Waals surface area contributed by atoms with Crippen LogP contribution in [0.1, 0.15) is 20.8 Å². The van der Waals surface area contributed by atoms with Crippen molar-refractivity contribution in [3.8, 4) is 0 Å². The molecule has 1 rings (SSSR count). The molecule has 5 heteroatoms. The van der Waals surface area contributed by atoms with Crippen LogP contribution < -0.4 is 11.2 Å². The van der Waals surface area contributed by atoms with Crippen LogP contribution in [0.5, 0.6) is 0 Å². The van der Waals surface area contributed by atoms with Crippen LogP contribution >= 0.6 is 0 Å². The lowest BCUT2D eigenvalue weighted by Gasteiger charge is -2.17. The van der Waals surface area contributed by atoms with E-state index in [-0.39, 0.29) is 5.69 Å². The second-order valence-electron chi connectivity index (χ2n) is 4.47. The molecule has 88 valence electrons. The number of halogens is 1. The average molecular weight is 226 g/mol. The Morgan fingerprint density at radius 2 is 2.06 bits per heavy atom. The van der Waals surface area contributed by atoms with Crippen LogP contribution in [0.2, 0.25) is 0 Å². The third kappa shape index (κ3) is 3.12. The van der Waals surface area contributed by atoms with Gasteiger partial charge in [-0.1, -0.05) is 0 Å². The topological polar surface area (TPSA) is 64.3 Å². The van der Waals surface area contributed by atoms with Crippen LogP contribution in [0.15, 0.2) is 18.2 Å². The number of nitrogen functional groups attached to an aromatic ring is 1. The number of carbonyl (C=O) groups excluding carboxylic acids is 1. The first kappa shape index (κ1) is 12.3. The molecule has 0 unspecified atom stereocenters. The van der Waals surface area contributed by atoms with Crippen LogP contribution in [-0.4, -0.2) is 5.97 Å². The molecule has 3 N–H and O–H groups in total. The Morgan fingerprint density at radius 1 is 1.44 bits per heavy atom. The Bertz CT molecular complexity index is 399.